The van der Waals surface area contributed by atoms with Gasteiger partial charge in [-0.05, 0) is 36.4 Å². The number of halogens is 1. The first kappa shape index (κ1) is 16.5. The van der Waals surface area contributed by atoms with E-state index in [9.17, 15) is 13.2 Å². The van der Waals surface area contributed by atoms with Crippen LogP contribution in [-0.2, 0) is 10.0 Å². The molecule has 0 bridgehead atoms. The second kappa shape index (κ2) is 6.91. The summed E-state index contributed by atoms with van der Waals surface area (Å²) in [7, 11) is -3.52. The standard InChI is InChI=1S/C15H15ClN2O3S/c1-2-17-22(20,21)12-9-7-11(8-10-12)15(19)18-14-6-4-3-5-13(14)16/h3-10,17H,2H2,1H3,(H,18,19). The molecule has 0 radical (unpaired) electrons. The van der Waals surface area contributed by atoms with Gasteiger partial charge >= 0.3 is 0 Å². The molecule has 22 heavy (non-hydrogen) atoms. The van der Waals surface area contributed by atoms with Crippen LogP contribution in [0.4, 0.5) is 5.69 Å². The molecule has 2 rings (SSSR count). The minimum atomic E-state index is -3.52. The summed E-state index contributed by atoms with van der Waals surface area (Å²) >= 11 is 5.97. The molecule has 0 unspecified atom stereocenters. The molecule has 0 fully saturated rings. The van der Waals surface area contributed by atoms with Crippen molar-refractivity contribution in [3.8, 4) is 0 Å². The number of amides is 1. The van der Waals surface area contributed by atoms with E-state index < -0.39 is 10.0 Å². The fourth-order valence-corrected chi connectivity index (χ4v) is 3.04. The van der Waals surface area contributed by atoms with Crippen LogP contribution in [0.1, 0.15) is 17.3 Å². The Morgan fingerprint density at radius 3 is 2.32 bits per heavy atom. The number of rotatable bonds is 5. The normalized spacial score (nSPS) is 11.2. The average Bonchev–Trinajstić information content (AvgIpc) is 2.49. The van der Waals surface area contributed by atoms with E-state index in [2.05, 4.69) is 10.0 Å². The van der Waals surface area contributed by atoms with Crippen LogP contribution in [0.3, 0.4) is 0 Å². The molecule has 116 valence electrons. The number of nitrogens with one attached hydrogen (secondary N) is 2. The molecule has 0 aliphatic heterocycles. The molecule has 0 atom stereocenters. The summed E-state index contributed by atoms with van der Waals surface area (Å²) in [6.45, 7) is 2.00. The Kier molecular flexibility index (Phi) is 5.18. The summed E-state index contributed by atoms with van der Waals surface area (Å²) < 4.78 is 26.0. The van der Waals surface area contributed by atoms with Crippen molar-refractivity contribution in [1.82, 2.24) is 4.72 Å². The SMILES string of the molecule is CCNS(=O)(=O)c1ccc(C(=O)Nc2ccccc2Cl)cc1. The monoisotopic (exact) mass is 338 g/mol. The summed E-state index contributed by atoms with van der Waals surface area (Å²) in [6.07, 6.45) is 0. The Hall–Kier alpha value is -1.89. The van der Waals surface area contributed by atoms with E-state index in [0.29, 0.717) is 22.8 Å². The Balaban J connectivity index is 2.17. The van der Waals surface area contributed by atoms with Gasteiger partial charge in [0.05, 0.1) is 15.6 Å². The first-order chi connectivity index (χ1) is 10.4. The highest BCUT2D eigenvalue weighted by atomic mass is 35.5. The summed E-state index contributed by atoms with van der Waals surface area (Å²) in [5, 5.41) is 3.11. The van der Waals surface area contributed by atoms with Gasteiger partial charge in [0.2, 0.25) is 10.0 Å². The summed E-state index contributed by atoms with van der Waals surface area (Å²) in [5.41, 5.74) is 0.842. The maximum absolute atomic E-state index is 12.1. The Labute approximate surface area is 134 Å². The Morgan fingerprint density at radius 1 is 1.09 bits per heavy atom. The number of hydrogen-bond donors (Lipinski definition) is 2. The second-order valence-electron chi connectivity index (χ2n) is 4.46. The van der Waals surface area contributed by atoms with Crippen LogP contribution in [0, 0.1) is 0 Å². The number of carbonyl (C=O) groups is 1. The van der Waals surface area contributed by atoms with Gasteiger partial charge in [-0.3, -0.25) is 4.79 Å². The van der Waals surface area contributed by atoms with E-state index in [4.69, 9.17) is 11.6 Å². The van der Waals surface area contributed by atoms with Gasteiger partial charge in [0, 0.05) is 12.1 Å². The lowest BCUT2D eigenvalue weighted by molar-refractivity contribution is 0.102. The minimum absolute atomic E-state index is 0.114. The van der Waals surface area contributed by atoms with E-state index in [1.165, 1.54) is 24.3 Å². The topological polar surface area (TPSA) is 75.3 Å². The maximum Gasteiger partial charge on any atom is 0.255 e. The highest BCUT2D eigenvalue weighted by Crippen LogP contribution is 2.21. The van der Waals surface area contributed by atoms with Gasteiger partial charge in [-0.1, -0.05) is 30.7 Å². The third kappa shape index (κ3) is 3.85. The Morgan fingerprint density at radius 2 is 1.73 bits per heavy atom. The largest absolute Gasteiger partial charge is 0.321 e. The van der Waals surface area contributed by atoms with Crippen molar-refractivity contribution in [3.05, 3.63) is 59.1 Å². The van der Waals surface area contributed by atoms with Gasteiger partial charge in [0.15, 0.2) is 0 Å². The van der Waals surface area contributed by atoms with Crippen LogP contribution in [-0.4, -0.2) is 20.9 Å². The molecule has 0 saturated carbocycles. The molecule has 1 amide bonds. The fraction of sp³-hybridized carbons (Fsp3) is 0.133. The van der Waals surface area contributed by atoms with Crippen LogP contribution in [0.5, 0.6) is 0 Å². The van der Waals surface area contributed by atoms with Crippen LogP contribution in [0.15, 0.2) is 53.4 Å². The number of carbonyl (C=O) groups excluding carboxylic acids is 1. The van der Waals surface area contributed by atoms with Crippen molar-refractivity contribution in [2.24, 2.45) is 0 Å². The lowest BCUT2D eigenvalue weighted by Crippen LogP contribution is -2.23. The van der Waals surface area contributed by atoms with Gasteiger partial charge in [0.25, 0.3) is 5.91 Å². The zero-order chi connectivity index (χ0) is 16.2. The van der Waals surface area contributed by atoms with Crippen molar-refractivity contribution >= 4 is 33.2 Å². The molecule has 0 spiro atoms. The highest BCUT2D eigenvalue weighted by molar-refractivity contribution is 7.89. The molecule has 0 aliphatic carbocycles. The fourth-order valence-electron chi connectivity index (χ4n) is 1.82. The number of para-hydroxylation sites is 1. The average molecular weight is 339 g/mol. The lowest BCUT2D eigenvalue weighted by atomic mass is 10.2. The third-order valence-electron chi connectivity index (χ3n) is 2.88. The Bertz CT molecular complexity index is 774. The predicted octanol–water partition coefficient (Wildman–Crippen LogP) is 2.89. The van der Waals surface area contributed by atoms with Crippen molar-refractivity contribution in [2.45, 2.75) is 11.8 Å². The zero-order valence-corrected chi connectivity index (χ0v) is 13.4. The molecular weight excluding hydrogens is 324 g/mol. The molecular formula is C15H15ClN2O3S. The van der Waals surface area contributed by atoms with E-state index in [0.717, 1.165) is 0 Å². The summed E-state index contributed by atoms with van der Waals surface area (Å²) in [4.78, 5) is 12.2. The quantitative estimate of drug-likeness (QED) is 0.880. The number of hydrogen-bond acceptors (Lipinski definition) is 3. The van der Waals surface area contributed by atoms with Gasteiger partial charge in [-0.2, -0.15) is 0 Å². The van der Waals surface area contributed by atoms with E-state index in [1.54, 1.807) is 31.2 Å². The van der Waals surface area contributed by atoms with Crippen LogP contribution in [0.2, 0.25) is 5.02 Å². The molecule has 0 aromatic heterocycles. The first-order valence-electron chi connectivity index (χ1n) is 6.59. The summed E-state index contributed by atoms with van der Waals surface area (Å²) in [6, 6.07) is 12.6. The lowest BCUT2D eigenvalue weighted by Gasteiger charge is -2.08. The molecule has 5 nitrogen and oxygen atoms in total. The van der Waals surface area contributed by atoms with Crippen molar-refractivity contribution in [1.29, 1.82) is 0 Å². The predicted molar refractivity (Wildman–Crippen MR) is 86.7 cm³/mol. The molecule has 0 saturated heterocycles. The van der Waals surface area contributed by atoms with Crippen molar-refractivity contribution < 1.29 is 13.2 Å². The van der Waals surface area contributed by atoms with Gasteiger partial charge in [-0.25, -0.2) is 13.1 Å². The smallest absolute Gasteiger partial charge is 0.255 e. The molecule has 7 heteroatoms. The maximum atomic E-state index is 12.1. The van der Waals surface area contributed by atoms with E-state index >= 15 is 0 Å². The van der Waals surface area contributed by atoms with E-state index in [-0.39, 0.29) is 10.8 Å². The number of sulfonamides is 1. The van der Waals surface area contributed by atoms with Crippen molar-refractivity contribution in [3.63, 3.8) is 0 Å². The van der Waals surface area contributed by atoms with Gasteiger partial charge < -0.3 is 5.32 Å². The van der Waals surface area contributed by atoms with Gasteiger partial charge in [-0.15, -0.1) is 0 Å². The first-order valence-corrected chi connectivity index (χ1v) is 8.46. The highest BCUT2D eigenvalue weighted by Gasteiger charge is 2.14. The molecule has 0 heterocycles. The molecule has 2 aromatic rings. The molecule has 2 N–H and O–H groups in total. The van der Waals surface area contributed by atoms with E-state index in [1.807, 2.05) is 0 Å². The zero-order valence-electron chi connectivity index (χ0n) is 11.8. The van der Waals surface area contributed by atoms with Gasteiger partial charge in [0.1, 0.15) is 0 Å². The molecule has 0 aliphatic rings. The summed E-state index contributed by atoms with van der Waals surface area (Å²) in [5.74, 6) is -0.361. The van der Waals surface area contributed by atoms with Crippen LogP contribution < -0.4 is 10.0 Å². The minimum Gasteiger partial charge on any atom is -0.321 e. The third-order valence-corrected chi connectivity index (χ3v) is 4.77. The van der Waals surface area contributed by atoms with Crippen LogP contribution in [0.25, 0.3) is 0 Å². The number of benzene rings is 2. The molecule has 2 aromatic carbocycles. The second-order valence-corrected chi connectivity index (χ2v) is 6.63. The van der Waals surface area contributed by atoms with Crippen LogP contribution >= 0.6 is 11.6 Å². The number of anilines is 1. The van der Waals surface area contributed by atoms with Crippen molar-refractivity contribution in [2.75, 3.05) is 11.9 Å².